The maximum atomic E-state index is 2.42. The van der Waals surface area contributed by atoms with Gasteiger partial charge in [-0.3, -0.25) is 0 Å². The van der Waals surface area contributed by atoms with Gasteiger partial charge in [0, 0.05) is 42.6 Å². The Morgan fingerprint density at radius 1 is 0.431 bits per heavy atom. The van der Waals surface area contributed by atoms with Gasteiger partial charge in [0.05, 0.1) is 0 Å². The standard InChI is InChI=1S/C49H35NS/c1-49(2)44-21-9-8-18-41(44)42-28-27-38(31-45(42)49)50(37-16-10-15-35(30-37)32-12-4-3-5-13-32)36-25-22-34(23-26-36)40-19-11-20-43-47-39-17-7-6-14-33(39)24-29-46(47)51-48(40)43/h3-31H,1-2H3. The Hall–Kier alpha value is -5.96. The van der Waals surface area contributed by atoms with Crippen molar-refractivity contribution in [3.63, 3.8) is 0 Å². The normalized spacial score (nSPS) is 13.1. The molecule has 0 saturated heterocycles. The molecule has 1 aliphatic carbocycles. The Morgan fingerprint density at radius 3 is 1.98 bits per heavy atom. The second kappa shape index (κ2) is 11.6. The monoisotopic (exact) mass is 669 g/mol. The summed E-state index contributed by atoms with van der Waals surface area (Å²) < 4.78 is 2.67. The summed E-state index contributed by atoms with van der Waals surface area (Å²) in [6.07, 6.45) is 0. The summed E-state index contributed by atoms with van der Waals surface area (Å²) in [7, 11) is 0. The highest BCUT2D eigenvalue weighted by atomic mass is 32.1. The maximum Gasteiger partial charge on any atom is 0.0467 e. The summed E-state index contributed by atoms with van der Waals surface area (Å²) in [5.74, 6) is 0. The summed E-state index contributed by atoms with van der Waals surface area (Å²) in [6, 6.07) is 64.7. The van der Waals surface area contributed by atoms with Crippen LogP contribution < -0.4 is 4.90 Å². The van der Waals surface area contributed by atoms with Crippen LogP contribution in [-0.2, 0) is 5.41 Å². The second-order valence-corrected chi connectivity index (χ2v) is 15.2. The van der Waals surface area contributed by atoms with Gasteiger partial charge >= 0.3 is 0 Å². The van der Waals surface area contributed by atoms with Crippen molar-refractivity contribution < 1.29 is 0 Å². The molecule has 10 rings (SSSR count). The van der Waals surface area contributed by atoms with E-state index < -0.39 is 0 Å². The van der Waals surface area contributed by atoms with E-state index in [1.54, 1.807) is 0 Å². The quantitative estimate of drug-likeness (QED) is 0.176. The first-order valence-electron chi connectivity index (χ1n) is 17.7. The Morgan fingerprint density at radius 2 is 1.10 bits per heavy atom. The highest BCUT2D eigenvalue weighted by Gasteiger charge is 2.35. The number of rotatable bonds is 5. The van der Waals surface area contributed by atoms with E-state index in [1.165, 1.54) is 75.5 Å². The van der Waals surface area contributed by atoms with Crippen molar-refractivity contribution >= 4 is 59.3 Å². The van der Waals surface area contributed by atoms with Crippen molar-refractivity contribution in [2.75, 3.05) is 4.90 Å². The van der Waals surface area contributed by atoms with Crippen molar-refractivity contribution in [1.82, 2.24) is 0 Å². The summed E-state index contributed by atoms with van der Waals surface area (Å²) in [4.78, 5) is 2.42. The molecule has 0 N–H and O–H groups in total. The van der Waals surface area contributed by atoms with E-state index >= 15 is 0 Å². The van der Waals surface area contributed by atoms with E-state index in [4.69, 9.17) is 0 Å². The molecule has 1 heterocycles. The zero-order chi connectivity index (χ0) is 34.1. The largest absolute Gasteiger partial charge is 0.310 e. The van der Waals surface area contributed by atoms with Gasteiger partial charge in [0.1, 0.15) is 0 Å². The topological polar surface area (TPSA) is 3.24 Å². The molecular weight excluding hydrogens is 635 g/mol. The van der Waals surface area contributed by atoms with Gasteiger partial charge < -0.3 is 4.90 Å². The molecule has 1 aliphatic rings. The molecule has 9 aromatic rings. The van der Waals surface area contributed by atoms with E-state index in [9.17, 15) is 0 Å². The molecular formula is C49H35NS. The van der Waals surface area contributed by atoms with E-state index in [0.717, 1.165) is 17.1 Å². The molecule has 1 aromatic heterocycles. The van der Waals surface area contributed by atoms with Crippen LogP contribution in [-0.4, -0.2) is 0 Å². The van der Waals surface area contributed by atoms with Crippen LogP contribution in [0, 0.1) is 0 Å². The van der Waals surface area contributed by atoms with Gasteiger partial charge in [-0.15, -0.1) is 11.3 Å². The highest BCUT2D eigenvalue weighted by Crippen LogP contribution is 2.51. The van der Waals surface area contributed by atoms with Gasteiger partial charge in [-0.2, -0.15) is 0 Å². The molecule has 51 heavy (non-hydrogen) atoms. The minimum Gasteiger partial charge on any atom is -0.310 e. The summed E-state index contributed by atoms with van der Waals surface area (Å²) in [5, 5.41) is 5.30. The minimum absolute atomic E-state index is 0.0857. The molecule has 0 aliphatic heterocycles. The van der Waals surface area contributed by atoms with E-state index in [1.807, 2.05) is 11.3 Å². The Balaban J connectivity index is 1.11. The average Bonchev–Trinajstić information content (AvgIpc) is 3.68. The van der Waals surface area contributed by atoms with Crippen LogP contribution in [0.2, 0.25) is 0 Å². The SMILES string of the molecule is CC1(C)c2ccccc2-c2ccc(N(c3ccc(-c4cccc5c4sc4ccc6ccccc6c45)cc3)c3cccc(-c4ccccc4)c3)cc21. The van der Waals surface area contributed by atoms with Gasteiger partial charge in [0.15, 0.2) is 0 Å². The number of hydrogen-bond donors (Lipinski definition) is 0. The number of hydrogen-bond acceptors (Lipinski definition) is 2. The van der Waals surface area contributed by atoms with Gasteiger partial charge in [0.25, 0.3) is 0 Å². The van der Waals surface area contributed by atoms with Crippen LogP contribution in [0.15, 0.2) is 176 Å². The highest BCUT2D eigenvalue weighted by molar-refractivity contribution is 7.26. The van der Waals surface area contributed by atoms with Crippen molar-refractivity contribution in [1.29, 1.82) is 0 Å². The summed E-state index contributed by atoms with van der Waals surface area (Å²) in [5.41, 5.74) is 13.7. The number of anilines is 3. The lowest BCUT2D eigenvalue weighted by atomic mass is 9.82. The molecule has 1 nitrogen and oxygen atoms in total. The van der Waals surface area contributed by atoms with E-state index in [-0.39, 0.29) is 5.41 Å². The Bertz CT molecular complexity index is 2770. The first-order chi connectivity index (χ1) is 25.0. The van der Waals surface area contributed by atoms with Gasteiger partial charge in [0.2, 0.25) is 0 Å². The second-order valence-electron chi connectivity index (χ2n) is 14.1. The average molecular weight is 670 g/mol. The zero-order valence-electron chi connectivity index (χ0n) is 28.6. The number of nitrogens with zero attached hydrogens (tertiary/aromatic N) is 1. The molecule has 0 spiro atoms. The third-order valence-electron chi connectivity index (χ3n) is 10.9. The summed E-state index contributed by atoms with van der Waals surface area (Å²) in [6.45, 7) is 4.71. The lowest BCUT2D eigenvalue weighted by molar-refractivity contribution is 0.660. The molecule has 0 fully saturated rings. The molecule has 8 aromatic carbocycles. The molecule has 0 radical (unpaired) electrons. The van der Waals surface area contributed by atoms with Gasteiger partial charge in [-0.25, -0.2) is 0 Å². The zero-order valence-corrected chi connectivity index (χ0v) is 29.4. The van der Waals surface area contributed by atoms with Crippen LogP contribution >= 0.6 is 11.3 Å². The van der Waals surface area contributed by atoms with Crippen LogP contribution in [0.1, 0.15) is 25.0 Å². The molecule has 0 amide bonds. The predicted octanol–water partition coefficient (Wildman–Crippen LogP) is 14.3. The van der Waals surface area contributed by atoms with Crippen LogP contribution in [0.3, 0.4) is 0 Å². The van der Waals surface area contributed by atoms with Gasteiger partial charge in [-0.05, 0) is 97.7 Å². The number of thiophene rings is 1. The smallest absolute Gasteiger partial charge is 0.0467 e. The number of benzene rings is 8. The lowest BCUT2D eigenvalue weighted by Gasteiger charge is -2.28. The van der Waals surface area contributed by atoms with E-state index in [0.29, 0.717) is 0 Å². The Labute approximate surface area is 302 Å². The van der Waals surface area contributed by atoms with Crippen molar-refractivity contribution in [3.05, 3.63) is 187 Å². The van der Waals surface area contributed by atoms with Gasteiger partial charge in [-0.1, -0.05) is 147 Å². The minimum atomic E-state index is -0.0857. The van der Waals surface area contributed by atoms with E-state index in [2.05, 4.69) is 195 Å². The van der Waals surface area contributed by atoms with Crippen LogP contribution in [0.25, 0.3) is 64.3 Å². The Kier molecular flexibility index (Phi) is 6.78. The van der Waals surface area contributed by atoms with Crippen LogP contribution in [0.4, 0.5) is 17.1 Å². The third-order valence-corrected chi connectivity index (χ3v) is 12.1. The fraction of sp³-hybridized carbons (Fsp3) is 0.0612. The maximum absolute atomic E-state index is 2.42. The van der Waals surface area contributed by atoms with Crippen molar-refractivity contribution in [3.8, 4) is 33.4 Å². The molecule has 2 heteroatoms. The third kappa shape index (κ3) is 4.75. The fourth-order valence-electron chi connectivity index (χ4n) is 8.32. The lowest BCUT2D eigenvalue weighted by Crippen LogP contribution is -2.16. The number of fused-ring (bicyclic) bond motifs is 8. The molecule has 0 atom stereocenters. The molecule has 0 unspecified atom stereocenters. The molecule has 0 bridgehead atoms. The summed E-state index contributed by atoms with van der Waals surface area (Å²) >= 11 is 1.90. The fourth-order valence-corrected chi connectivity index (χ4v) is 9.57. The van der Waals surface area contributed by atoms with Crippen molar-refractivity contribution in [2.45, 2.75) is 19.3 Å². The molecule has 242 valence electrons. The predicted molar refractivity (Wildman–Crippen MR) is 220 cm³/mol. The molecule has 0 saturated carbocycles. The first kappa shape index (κ1) is 29.9. The first-order valence-corrected chi connectivity index (χ1v) is 18.5. The van der Waals surface area contributed by atoms with Crippen molar-refractivity contribution in [2.24, 2.45) is 0 Å². The van der Waals surface area contributed by atoms with Crippen LogP contribution in [0.5, 0.6) is 0 Å².